The molecule has 0 saturated heterocycles. The van der Waals surface area contributed by atoms with Crippen LogP contribution in [0.1, 0.15) is 37.5 Å². The molecule has 37 heavy (non-hydrogen) atoms. The average Bonchev–Trinajstić information content (AvgIpc) is 2.80. The normalized spacial score (nSPS) is 12.4. The Morgan fingerprint density at radius 3 is 1.92 bits per heavy atom. The van der Waals surface area contributed by atoms with Gasteiger partial charge < -0.3 is 9.47 Å². The van der Waals surface area contributed by atoms with Gasteiger partial charge in [-0.25, -0.2) is 4.79 Å². The first kappa shape index (κ1) is 27.4. The van der Waals surface area contributed by atoms with Crippen molar-refractivity contribution in [3.8, 4) is 5.75 Å². The number of nitro groups is 1. The Morgan fingerprint density at radius 1 is 0.919 bits per heavy atom. The maximum absolute atomic E-state index is 13.2. The van der Waals surface area contributed by atoms with Gasteiger partial charge in [-0.05, 0) is 26.8 Å². The fourth-order valence-corrected chi connectivity index (χ4v) is 3.57. The smallest absolute Gasteiger partial charge is 0.458 e. The number of rotatable bonds is 8. The first-order chi connectivity index (χ1) is 17.3. The molecule has 3 aromatic carbocycles. The Kier molecular flexibility index (Phi) is 8.31. The summed E-state index contributed by atoms with van der Waals surface area (Å²) >= 11 is 0. The van der Waals surface area contributed by atoms with E-state index in [1.54, 1.807) is 69.3 Å². The summed E-state index contributed by atoms with van der Waals surface area (Å²) < 4.78 is 48.1. The monoisotopic (exact) mass is 514 g/mol. The Bertz CT molecular complexity index is 1230. The number of para-hydroxylation sites is 1. The number of aliphatic imine (C=N–C) groups is 1. The van der Waals surface area contributed by atoms with Crippen molar-refractivity contribution in [2.45, 2.75) is 45.2 Å². The second-order valence-corrected chi connectivity index (χ2v) is 9.03. The third-order valence-electron chi connectivity index (χ3n) is 4.96. The number of carbonyl (C=O) groups excluding carboxylic acids is 1. The molecule has 0 saturated carbocycles. The highest BCUT2D eigenvalue weighted by Crippen LogP contribution is 2.36. The number of hydrogen-bond donors (Lipinski definition) is 0. The van der Waals surface area contributed by atoms with E-state index in [9.17, 15) is 28.1 Å². The lowest BCUT2D eigenvalue weighted by atomic mass is 9.99. The van der Waals surface area contributed by atoms with Crippen LogP contribution in [0.2, 0.25) is 0 Å². The van der Waals surface area contributed by atoms with Crippen molar-refractivity contribution in [2.24, 2.45) is 4.99 Å². The molecule has 0 heterocycles. The molecular weight excluding hydrogens is 489 g/mol. The summed E-state index contributed by atoms with van der Waals surface area (Å²) in [4.78, 5) is 28.7. The quantitative estimate of drug-likeness (QED) is 0.153. The third kappa shape index (κ3) is 7.89. The average molecular weight is 515 g/mol. The molecule has 1 atom stereocenters. The van der Waals surface area contributed by atoms with Crippen molar-refractivity contribution in [1.82, 2.24) is 0 Å². The van der Waals surface area contributed by atoms with E-state index in [-0.39, 0.29) is 5.56 Å². The standard InChI is InChI=1S/C27H25F3N2O5/c1-26(2,3)37-25(33)21(17-20-15-10-16-22(24(20)32(34)35)36-27(28,29)30)31-23(18-11-6-4-7-12-18)19-13-8-5-9-14-19/h4-16,21H,17H2,1-3H3. The highest BCUT2D eigenvalue weighted by Gasteiger charge is 2.36. The van der Waals surface area contributed by atoms with E-state index in [1.165, 1.54) is 12.1 Å². The third-order valence-corrected chi connectivity index (χ3v) is 4.96. The lowest BCUT2D eigenvalue weighted by Gasteiger charge is -2.23. The van der Waals surface area contributed by atoms with Crippen LogP contribution in [0.4, 0.5) is 18.9 Å². The van der Waals surface area contributed by atoms with Gasteiger partial charge in [0.2, 0.25) is 5.75 Å². The van der Waals surface area contributed by atoms with Crippen molar-refractivity contribution in [1.29, 1.82) is 0 Å². The van der Waals surface area contributed by atoms with Crippen LogP contribution in [0.3, 0.4) is 0 Å². The van der Waals surface area contributed by atoms with E-state index in [4.69, 9.17) is 4.74 Å². The minimum atomic E-state index is -5.14. The van der Waals surface area contributed by atoms with Gasteiger partial charge in [-0.15, -0.1) is 13.2 Å². The molecule has 0 aliphatic rings. The molecule has 10 heteroatoms. The molecular formula is C27H25F3N2O5. The van der Waals surface area contributed by atoms with Gasteiger partial charge in [0.25, 0.3) is 0 Å². The van der Waals surface area contributed by atoms with Gasteiger partial charge >= 0.3 is 18.0 Å². The first-order valence-corrected chi connectivity index (χ1v) is 11.3. The zero-order chi connectivity index (χ0) is 27.2. The van der Waals surface area contributed by atoms with Gasteiger partial charge in [-0.1, -0.05) is 72.8 Å². The molecule has 1 unspecified atom stereocenters. The van der Waals surface area contributed by atoms with Gasteiger partial charge in [-0.3, -0.25) is 15.1 Å². The van der Waals surface area contributed by atoms with Crippen molar-refractivity contribution >= 4 is 17.4 Å². The zero-order valence-electron chi connectivity index (χ0n) is 20.4. The molecule has 0 radical (unpaired) electrons. The molecule has 0 fully saturated rings. The maximum atomic E-state index is 13.2. The summed E-state index contributed by atoms with van der Waals surface area (Å²) in [5, 5.41) is 11.8. The van der Waals surface area contributed by atoms with E-state index in [1.807, 2.05) is 12.1 Å². The number of hydrogen-bond acceptors (Lipinski definition) is 6. The van der Waals surface area contributed by atoms with Crippen LogP contribution in [0.5, 0.6) is 5.75 Å². The molecule has 0 bridgehead atoms. The lowest BCUT2D eigenvalue weighted by molar-refractivity contribution is -0.389. The van der Waals surface area contributed by atoms with Crippen LogP contribution in [-0.2, 0) is 16.0 Å². The van der Waals surface area contributed by atoms with Gasteiger partial charge in [0.1, 0.15) is 5.60 Å². The molecule has 0 amide bonds. The fraction of sp³-hybridized carbons (Fsp3) is 0.259. The largest absolute Gasteiger partial charge is 0.573 e. The van der Waals surface area contributed by atoms with Crippen molar-refractivity contribution in [2.75, 3.05) is 0 Å². The second-order valence-electron chi connectivity index (χ2n) is 9.03. The minimum absolute atomic E-state index is 0.160. The van der Waals surface area contributed by atoms with E-state index in [0.717, 1.165) is 6.07 Å². The SMILES string of the molecule is CC(C)(C)OC(=O)C(Cc1cccc(OC(F)(F)F)c1[N+](=O)[O-])N=C(c1ccccc1)c1ccccc1. The van der Waals surface area contributed by atoms with Gasteiger partial charge in [-0.2, -0.15) is 0 Å². The number of halogens is 3. The van der Waals surface area contributed by atoms with E-state index >= 15 is 0 Å². The molecule has 3 rings (SSSR count). The van der Waals surface area contributed by atoms with Gasteiger partial charge in [0.15, 0.2) is 6.04 Å². The van der Waals surface area contributed by atoms with Crippen molar-refractivity contribution < 1.29 is 32.4 Å². The number of nitro benzene ring substituents is 1. The van der Waals surface area contributed by atoms with E-state index in [0.29, 0.717) is 16.8 Å². The van der Waals surface area contributed by atoms with Crippen LogP contribution in [0, 0.1) is 10.1 Å². The number of esters is 1. The van der Waals surface area contributed by atoms with Crippen molar-refractivity contribution in [3.63, 3.8) is 0 Å². The van der Waals surface area contributed by atoms with E-state index < -0.39 is 46.8 Å². The Labute approximate surface area is 211 Å². The van der Waals surface area contributed by atoms with Crippen LogP contribution < -0.4 is 4.74 Å². The molecule has 7 nitrogen and oxygen atoms in total. The summed E-state index contributed by atoms with van der Waals surface area (Å²) in [5.41, 5.74) is -0.201. The zero-order valence-corrected chi connectivity index (χ0v) is 20.4. The number of carbonyl (C=O) groups is 1. The Balaban J connectivity index is 2.16. The molecule has 0 aromatic heterocycles. The molecule has 0 aliphatic carbocycles. The predicted molar refractivity (Wildman–Crippen MR) is 132 cm³/mol. The maximum Gasteiger partial charge on any atom is 0.573 e. The summed E-state index contributed by atoms with van der Waals surface area (Å²) in [6.45, 7) is 4.96. The summed E-state index contributed by atoms with van der Waals surface area (Å²) in [7, 11) is 0. The first-order valence-electron chi connectivity index (χ1n) is 11.3. The Morgan fingerprint density at radius 2 is 1.46 bits per heavy atom. The minimum Gasteiger partial charge on any atom is -0.458 e. The molecule has 194 valence electrons. The van der Waals surface area contributed by atoms with Crippen LogP contribution in [-0.4, -0.2) is 34.6 Å². The molecule has 0 N–H and O–H groups in total. The molecule has 3 aromatic rings. The summed E-state index contributed by atoms with van der Waals surface area (Å²) in [6.07, 6.45) is -5.54. The summed E-state index contributed by atoms with van der Waals surface area (Å²) in [6, 6.07) is 19.9. The predicted octanol–water partition coefficient (Wildman–Crippen LogP) is 6.28. The molecule has 0 spiro atoms. The summed E-state index contributed by atoms with van der Waals surface area (Å²) in [5.74, 6) is -1.76. The van der Waals surface area contributed by atoms with Crippen molar-refractivity contribution in [3.05, 3.63) is 106 Å². The highest BCUT2D eigenvalue weighted by molar-refractivity contribution is 6.13. The second kappa shape index (κ2) is 11.2. The Hall–Kier alpha value is -4.21. The van der Waals surface area contributed by atoms with Crippen LogP contribution in [0.25, 0.3) is 0 Å². The molecule has 0 aliphatic heterocycles. The topological polar surface area (TPSA) is 91.0 Å². The number of ether oxygens (including phenoxy) is 2. The van der Waals surface area contributed by atoms with Crippen LogP contribution >= 0.6 is 0 Å². The fourth-order valence-electron chi connectivity index (χ4n) is 3.57. The van der Waals surface area contributed by atoms with Gasteiger partial charge in [0.05, 0.1) is 10.6 Å². The van der Waals surface area contributed by atoms with Crippen LogP contribution in [0.15, 0.2) is 83.9 Å². The van der Waals surface area contributed by atoms with E-state index in [2.05, 4.69) is 9.73 Å². The highest BCUT2D eigenvalue weighted by atomic mass is 19.4. The number of nitrogens with zero attached hydrogens (tertiary/aromatic N) is 2. The number of alkyl halides is 3. The lowest BCUT2D eigenvalue weighted by Crippen LogP contribution is -2.33. The van der Waals surface area contributed by atoms with Gasteiger partial charge in [0, 0.05) is 23.1 Å². The number of benzene rings is 3.